The molecular formula is C19H28O3. The number of aliphatic hydroxyl groups is 1. The van der Waals surface area contributed by atoms with E-state index in [0.29, 0.717) is 29.6 Å². The van der Waals surface area contributed by atoms with Gasteiger partial charge in [0.15, 0.2) is 0 Å². The van der Waals surface area contributed by atoms with Crippen LogP contribution in [-0.2, 0) is 9.53 Å². The maximum atomic E-state index is 12.4. The summed E-state index contributed by atoms with van der Waals surface area (Å²) in [5.41, 5.74) is 0.162. The van der Waals surface area contributed by atoms with Crippen LogP contribution in [0.25, 0.3) is 0 Å². The minimum absolute atomic E-state index is 0.0256. The molecule has 3 nitrogen and oxygen atoms in total. The summed E-state index contributed by atoms with van der Waals surface area (Å²) >= 11 is 0. The fourth-order valence-electron chi connectivity index (χ4n) is 7.43. The van der Waals surface area contributed by atoms with Crippen LogP contribution in [0, 0.1) is 28.6 Å². The summed E-state index contributed by atoms with van der Waals surface area (Å²) in [5, 5.41) is 10.2. The standard InChI is InChI=1S/C19H28O3/c1-17-7-6-14-12(13(17)3-4-15(17)21)9-16-19(22-16)10-11(20)5-8-18(14,19)2/h11-14,16,20H,3-10H2,1-2H3/t11-,12-,13-,14-,16+,17+,18-,19+/m1/s1. The number of aliphatic hydroxyl groups excluding tert-OH is 1. The lowest BCUT2D eigenvalue weighted by atomic mass is 9.45. The fraction of sp³-hybridized carbons (Fsp3) is 0.947. The van der Waals surface area contributed by atoms with Crippen LogP contribution in [0.15, 0.2) is 0 Å². The monoisotopic (exact) mass is 304 g/mol. The van der Waals surface area contributed by atoms with Gasteiger partial charge in [0, 0.05) is 23.7 Å². The van der Waals surface area contributed by atoms with Gasteiger partial charge in [-0.25, -0.2) is 0 Å². The molecule has 0 aromatic heterocycles. The van der Waals surface area contributed by atoms with Crippen LogP contribution < -0.4 is 0 Å². The zero-order chi connectivity index (χ0) is 15.3. The van der Waals surface area contributed by atoms with Crippen molar-refractivity contribution in [2.75, 3.05) is 0 Å². The van der Waals surface area contributed by atoms with E-state index >= 15 is 0 Å². The Hall–Kier alpha value is -0.410. The number of hydrogen-bond donors (Lipinski definition) is 1. The zero-order valence-corrected chi connectivity index (χ0v) is 13.8. The molecule has 0 aromatic carbocycles. The molecule has 5 aliphatic rings. The smallest absolute Gasteiger partial charge is 0.139 e. The van der Waals surface area contributed by atoms with Gasteiger partial charge in [-0.05, 0) is 56.3 Å². The van der Waals surface area contributed by atoms with Crippen molar-refractivity contribution < 1.29 is 14.6 Å². The largest absolute Gasteiger partial charge is 0.393 e. The molecule has 8 atom stereocenters. The van der Waals surface area contributed by atoms with Crippen molar-refractivity contribution in [2.24, 2.45) is 28.6 Å². The third-order valence-electron chi connectivity index (χ3n) is 8.77. The Morgan fingerprint density at radius 2 is 1.95 bits per heavy atom. The van der Waals surface area contributed by atoms with Crippen LogP contribution in [0.4, 0.5) is 0 Å². The second-order valence-electron chi connectivity index (χ2n) is 9.34. The van der Waals surface area contributed by atoms with Crippen LogP contribution in [-0.4, -0.2) is 28.7 Å². The van der Waals surface area contributed by atoms with E-state index in [0.717, 1.165) is 44.9 Å². The average Bonchev–Trinajstić information content (AvgIpc) is 3.08. The molecular weight excluding hydrogens is 276 g/mol. The Morgan fingerprint density at radius 3 is 2.77 bits per heavy atom. The Balaban J connectivity index is 1.53. The summed E-state index contributed by atoms with van der Waals surface area (Å²) in [7, 11) is 0. The van der Waals surface area contributed by atoms with Crippen molar-refractivity contribution in [1.82, 2.24) is 0 Å². The van der Waals surface area contributed by atoms with Crippen LogP contribution in [0.2, 0.25) is 0 Å². The van der Waals surface area contributed by atoms with Crippen molar-refractivity contribution in [2.45, 2.75) is 83.0 Å². The van der Waals surface area contributed by atoms with E-state index in [-0.39, 0.29) is 22.5 Å². The Morgan fingerprint density at radius 1 is 1.14 bits per heavy atom. The predicted octanol–water partition coefficient (Wildman–Crippen LogP) is 3.09. The molecule has 0 amide bonds. The van der Waals surface area contributed by atoms with Crippen LogP contribution in [0.1, 0.15) is 65.2 Å². The summed E-state index contributed by atoms with van der Waals surface area (Å²) in [6.07, 6.45) is 8.37. The molecule has 1 spiro atoms. The highest BCUT2D eigenvalue weighted by Crippen LogP contribution is 2.72. The summed E-state index contributed by atoms with van der Waals surface area (Å²) < 4.78 is 6.30. The third kappa shape index (κ3) is 1.40. The van der Waals surface area contributed by atoms with E-state index in [9.17, 15) is 9.90 Å². The van der Waals surface area contributed by atoms with Gasteiger partial charge in [-0.3, -0.25) is 4.79 Å². The van der Waals surface area contributed by atoms with Gasteiger partial charge in [0.2, 0.25) is 0 Å². The topological polar surface area (TPSA) is 49.8 Å². The predicted molar refractivity (Wildman–Crippen MR) is 82.2 cm³/mol. The van der Waals surface area contributed by atoms with Crippen molar-refractivity contribution in [3.8, 4) is 0 Å². The van der Waals surface area contributed by atoms with Gasteiger partial charge in [-0.1, -0.05) is 13.8 Å². The van der Waals surface area contributed by atoms with Crippen LogP contribution in [0.3, 0.4) is 0 Å². The van der Waals surface area contributed by atoms with Crippen molar-refractivity contribution in [1.29, 1.82) is 0 Å². The molecule has 22 heavy (non-hydrogen) atoms. The van der Waals surface area contributed by atoms with Crippen molar-refractivity contribution in [3.63, 3.8) is 0 Å². The number of ketones is 1. The SMILES string of the molecule is C[C@]12CC[C@@H]3[C@H](C[C@@H]4O[C@@]45C[C@H](O)CC[C@]35C)[C@H]1CCC2=O. The summed E-state index contributed by atoms with van der Waals surface area (Å²) in [5.74, 6) is 2.48. The summed E-state index contributed by atoms with van der Waals surface area (Å²) in [6.45, 7) is 4.68. The van der Waals surface area contributed by atoms with Crippen molar-refractivity contribution in [3.05, 3.63) is 0 Å². The maximum absolute atomic E-state index is 12.4. The molecule has 5 fully saturated rings. The number of fused-ring (bicyclic) bond motifs is 4. The van der Waals surface area contributed by atoms with Gasteiger partial charge in [-0.2, -0.15) is 0 Å². The highest BCUT2D eigenvalue weighted by Gasteiger charge is 2.76. The average molecular weight is 304 g/mol. The Kier molecular flexibility index (Phi) is 2.52. The highest BCUT2D eigenvalue weighted by atomic mass is 16.6. The molecule has 1 aliphatic heterocycles. The van der Waals surface area contributed by atoms with Gasteiger partial charge in [0.1, 0.15) is 11.4 Å². The molecule has 0 aromatic rings. The minimum atomic E-state index is -0.170. The molecule has 3 heteroatoms. The van der Waals surface area contributed by atoms with Crippen molar-refractivity contribution >= 4 is 5.78 Å². The molecule has 1 heterocycles. The Bertz CT molecular complexity index is 545. The summed E-state index contributed by atoms with van der Waals surface area (Å²) in [4.78, 5) is 12.4. The molecule has 4 saturated carbocycles. The lowest BCUT2D eigenvalue weighted by Crippen LogP contribution is -2.58. The summed E-state index contributed by atoms with van der Waals surface area (Å²) in [6, 6.07) is 0. The molecule has 5 rings (SSSR count). The molecule has 0 radical (unpaired) electrons. The number of hydrogen-bond acceptors (Lipinski definition) is 3. The first-order chi connectivity index (χ1) is 10.4. The highest BCUT2D eigenvalue weighted by molar-refractivity contribution is 5.87. The van der Waals surface area contributed by atoms with Gasteiger partial charge < -0.3 is 9.84 Å². The van der Waals surface area contributed by atoms with E-state index in [1.165, 1.54) is 6.42 Å². The number of ether oxygens (including phenoxy) is 1. The number of carbonyl (C=O) groups excluding carboxylic acids is 1. The van der Waals surface area contributed by atoms with Gasteiger partial charge >= 0.3 is 0 Å². The molecule has 1 N–H and O–H groups in total. The molecule has 122 valence electrons. The molecule has 1 saturated heterocycles. The van der Waals surface area contributed by atoms with Crippen LogP contribution >= 0.6 is 0 Å². The first-order valence-corrected chi connectivity index (χ1v) is 9.30. The first kappa shape index (κ1) is 14.0. The minimum Gasteiger partial charge on any atom is -0.393 e. The molecule has 0 unspecified atom stereocenters. The first-order valence-electron chi connectivity index (χ1n) is 9.30. The van der Waals surface area contributed by atoms with Gasteiger partial charge in [-0.15, -0.1) is 0 Å². The Labute approximate surface area is 132 Å². The van der Waals surface area contributed by atoms with E-state index in [2.05, 4.69) is 13.8 Å². The second-order valence-corrected chi connectivity index (χ2v) is 9.34. The molecule has 0 bridgehead atoms. The van der Waals surface area contributed by atoms with Crippen LogP contribution in [0.5, 0.6) is 0 Å². The quantitative estimate of drug-likeness (QED) is 0.700. The molecule has 4 aliphatic carbocycles. The normalized spacial score (nSPS) is 62.7. The van der Waals surface area contributed by atoms with E-state index in [1.54, 1.807) is 0 Å². The number of epoxide rings is 1. The number of carbonyl (C=O) groups is 1. The number of rotatable bonds is 0. The third-order valence-corrected chi connectivity index (χ3v) is 8.77. The van der Waals surface area contributed by atoms with E-state index in [4.69, 9.17) is 4.74 Å². The zero-order valence-electron chi connectivity index (χ0n) is 13.8. The van der Waals surface area contributed by atoms with E-state index < -0.39 is 0 Å². The lowest BCUT2D eigenvalue weighted by Gasteiger charge is -2.58. The van der Waals surface area contributed by atoms with Gasteiger partial charge in [0.05, 0.1) is 12.2 Å². The second kappa shape index (κ2) is 3.97. The van der Waals surface area contributed by atoms with Gasteiger partial charge in [0.25, 0.3) is 0 Å². The maximum Gasteiger partial charge on any atom is 0.139 e. The fourth-order valence-corrected chi connectivity index (χ4v) is 7.43. The number of Topliss-reactive ketones (excluding diaryl/α,β-unsaturated/α-hetero) is 1. The van der Waals surface area contributed by atoms with E-state index in [1.807, 2.05) is 0 Å². The lowest BCUT2D eigenvalue weighted by molar-refractivity contribution is -0.138.